The van der Waals surface area contributed by atoms with E-state index in [2.05, 4.69) is 20.1 Å². The van der Waals surface area contributed by atoms with E-state index in [0.29, 0.717) is 24.4 Å². The van der Waals surface area contributed by atoms with Gasteiger partial charge in [0, 0.05) is 24.4 Å². The number of ether oxygens (including phenoxy) is 1. The van der Waals surface area contributed by atoms with Crippen LogP contribution in [0.1, 0.15) is 25.7 Å². The molecule has 8 heteroatoms. The van der Waals surface area contributed by atoms with Crippen LogP contribution in [0.25, 0.3) is 11.3 Å². The van der Waals surface area contributed by atoms with Gasteiger partial charge >= 0.3 is 0 Å². The molecule has 140 valence electrons. The average molecular weight is 361 g/mol. The Morgan fingerprint density at radius 2 is 2.15 bits per heavy atom. The van der Waals surface area contributed by atoms with Crippen molar-refractivity contribution < 1.29 is 13.9 Å². The highest BCUT2D eigenvalue weighted by Crippen LogP contribution is 2.27. The second kappa shape index (κ2) is 8.75. The van der Waals surface area contributed by atoms with E-state index < -0.39 is 5.82 Å². The van der Waals surface area contributed by atoms with Crippen molar-refractivity contribution in [2.75, 3.05) is 38.2 Å². The van der Waals surface area contributed by atoms with Gasteiger partial charge in [-0.1, -0.05) is 0 Å². The summed E-state index contributed by atoms with van der Waals surface area (Å²) in [5.74, 6) is -0.0203. The van der Waals surface area contributed by atoms with Crippen molar-refractivity contribution in [2.24, 2.45) is 0 Å². The maximum Gasteiger partial charge on any atom is 0.215 e. The molecule has 1 amide bonds. The number of unbranched alkanes of at least 4 members (excludes halogenated alkanes) is 1. The van der Waals surface area contributed by atoms with Crippen LogP contribution in [0.3, 0.4) is 0 Å². The number of likely N-dealkylation sites (tertiary alicyclic amines) is 1. The first kappa shape index (κ1) is 18.3. The molecule has 0 aromatic carbocycles. The molecule has 0 saturated carbocycles. The van der Waals surface area contributed by atoms with E-state index in [1.807, 2.05) is 0 Å². The zero-order valence-corrected chi connectivity index (χ0v) is 14.9. The molecule has 7 nitrogen and oxygen atoms in total. The summed E-state index contributed by atoms with van der Waals surface area (Å²) in [6.07, 6.45) is 6.46. The van der Waals surface area contributed by atoms with Crippen LogP contribution in [-0.4, -0.2) is 59.8 Å². The van der Waals surface area contributed by atoms with Crippen molar-refractivity contribution in [1.82, 2.24) is 20.1 Å². The van der Waals surface area contributed by atoms with Crippen LogP contribution >= 0.6 is 0 Å². The number of halogens is 1. The lowest BCUT2D eigenvalue weighted by Gasteiger charge is -2.17. The first-order chi connectivity index (χ1) is 12.7. The third kappa shape index (κ3) is 4.19. The molecule has 0 bridgehead atoms. The Morgan fingerprint density at radius 1 is 1.35 bits per heavy atom. The predicted octanol–water partition coefficient (Wildman–Crippen LogP) is 2.46. The normalized spacial score (nSPS) is 14.5. The van der Waals surface area contributed by atoms with E-state index in [9.17, 15) is 9.18 Å². The van der Waals surface area contributed by atoms with E-state index in [1.165, 1.54) is 31.0 Å². The summed E-state index contributed by atoms with van der Waals surface area (Å²) in [4.78, 5) is 19.2. The first-order valence-corrected chi connectivity index (χ1v) is 8.91. The van der Waals surface area contributed by atoms with Gasteiger partial charge < -0.3 is 9.64 Å². The van der Waals surface area contributed by atoms with Gasteiger partial charge in [0.25, 0.3) is 0 Å². The number of hydrogen-bond donors (Lipinski definition) is 1. The van der Waals surface area contributed by atoms with Gasteiger partial charge in [-0.25, -0.2) is 9.37 Å². The standard InChI is InChI=1S/C18H24FN5O2/c1-26-15-7-6-14(12-20-15)17-16(19)18(22-21-17)24(13-25)11-5-4-10-23-8-2-3-9-23/h6-7,12-13H,2-5,8-11H2,1H3,(H,21,22). The van der Waals surface area contributed by atoms with Crippen LogP contribution < -0.4 is 9.64 Å². The summed E-state index contributed by atoms with van der Waals surface area (Å²) >= 11 is 0. The van der Waals surface area contributed by atoms with Gasteiger partial charge in [0.05, 0.1) is 7.11 Å². The Kier molecular flexibility index (Phi) is 6.17. The number of anilines is 1. The van der Waals surface area contributed by atoms with E-state index in [0.717, 1.165) is 32.5 Å². The molecule has 0 aliphatic carbocycles. The number of nitrogens with one attached hydrogen (secondary N) is 1. The number of rotatable bonds is 9. The zero-order chi connectivity index (χ0) is 18.4. The van der Waals surface area contributed by atoms with E-state index in [1.54, 1.807) is 12.1 Å². The molecule has 1 fully saturated rings. The minimum absolute atomic E-state index is 0.0898. The number of aromatic nitrogens is 3. The van der Waals surface area contributed by atoms with Crippen molar-refractivity contribution >= 4 is 12.2 Å². The van der Waals surface area contributed by atoms with Crippen molar-refractivity contribution in [3.8, 4) is 17.1 Å². The number of pyridine rings is 1. The third-order valence-corrected chi connectivity index (χ3v) is 4.64. The average Bonchev–Trinajstić information content (AvgIpc) is 3.32. The highest BCUT2D eigenvalue weighted by molar-refractivity contribution is 5.76. The molecule has 1 saturated heterocycles. The highest BCUT2D eigenvalue weighted by atomic mass is 19.1. The SMILES string of the molecule is COc1ccc(-c2n[nH]c(N(C=O)CCCCN3CCCC3)c2F)cn1. The maximum atomic E-state index is 14.7. The van der Waals surface area contributed by atoms with Crippen molar-refractivity contribution in [2.45, 2.75) is 25.7 Å². The van der Waals surface area contributed by atoms with Gasteiger partial charge in [-0.15, -0.1) is 0 Å². The maximum absolute atomic E-state index is 14.7. The Hall–Kier alpha value is -2.48. The molecular weight excluding hydrogens is 337 g/mol. The molecule has 2 aromatic heterocycles. The van der Waals surface area contributed by atoms with Crippen LogP contribution in [0, 0.1) is 5.82 Å². The van der Waals surface area contributed by atoms with Crippen LogP contribution in [-0.2, 0) is 4.79 Å². The van der Waals surface area contributed by atoms with Gasteiger partial charge in [0.1, 0.15) is 5.69 Å². The molecule has 1 aliphatic rings. The lowest BCUT2D eigenvalue weighted by atomic mass is 10.2. The number of hydrogen-bond acceptors (Lipinski definition) is 5. The van der Waals surface area contributed by atoms with Crippen LogP contribution in [0.5, 0.6) is 5.88 Å². The number of H-pyrrole nitrogens is 1. The zero-order valence-electron chi connectivity index (χ0n) is 14.9. The second-order valence-electron chi connectivity index (χ2n) is 6.38. The fraction of sp³-hybridized carbons (Fsp3) is 0.500. The topological polar surface area (TPSA) is 74.3 Å². The summed E-state index contributed by atoms with van der Waals surface area (Å²) in [5, 5.41) is 6.65. The Labute approximate surface area is 152 Å². The summed E-state index contributed by atoms with van der Waals surface area (Å²) < 4.78 is 19.7. The largest absolute Gasteiger partial charge is 0.481 e. The summed E-state index contributed by atoms with van der Waals surface area (Å²) in [7, 11) is 1.51. The summed E-state index contributed by atoms with van der Waals surface area (Å²) in [5.41, 5.74) is 0.657. The molecule has 1 aliphatic heterocycles. The Bertz CT molecular complexity index is 713. The van der Waals surface area contributed by atoms with Crippen LogP contribution in [0.15, 0.2) is 18.3 Å². The van der Waals surface area contributed by atoms with Gasteiger partial charge in [0.2, 0.25) is 12.3 Å². The van der Waals surface area contributed by atoms with Crippen molar-refractivity contribution in [3.63, 3.8) is 0 Å². The predicted molar refractivity (Wildman–Crippen MR) is 96.6 cm³/mol. The van der Waals surface area contributed by atoms with Gasteiger partial charge in [-0.2, -0.15) is 5.10 Å². The minimum atomic E-state index is -0.552. The third-order valence-electron chi connectivity index (χ3n) is 4.64. The molecule has 0 radical (unpaired) electrons. The molecule has 2 aromatic rings. The van der Waals surface area contributed by atoms with Gasteiger partial charge in [-0.05, 0) is 51.4 Å². The number of methoxy groups -OCH3 is 1. The van der Waals surface area contributed by atoms with Crippen molar-refractivity contribution in [1.29, 1.82) is 0 Å². The number of amides is 1. The fourth-order valence-corrected chi connectivity index (χ4v) is 3.18. The molecule has 0 atom stereocenters. The molecule has 0 spiro atoms. The Morgan fingerprint density at radius 3 is 2.81 bits per heavy atom. The number of nitrogens with zero attached hydrogens (tertiary/aromatic N) is 4. The lowest BCUT2D eigenvalue weighted by Crippen LogP contribution is -2.25. The highest BCUT2D eigenvalue weighted by Gasteiger charge is 2.20. The van der Waals surface area contributed by atoms with Crippen molar-refractivity contribution in [3.05, 3.63) is 24.1 Å². The molecule has 1 N–H and O–H groups in total. The minimum Gasteiger partial charge on any atom is -0.481 e. The molecule has 0 unspecified atom stereocenters. The summed E-state index contributed by atoms with van der Waals surface area (Å²) in [6.45, 7) is 3.80. The lowest BCUT2D eigenvalue weighted by molar-refractivity contribution is -0.107. The molecule has 3 rings (SSSR count). The molecule has 26 heavy (non-hydrogen) atoms. The van der Waals surface area contributed by atoms with Crippen LogP contribution in [0.4, 0.5) is 10.2 Å². The van der Waals surface area contributed by atoms with Gasteiger partial charge in [0.15, 0.2) is 11.6 Å². The summed E-state index contributed by atoms with van der Waals surface area (Å²) in [6, 6.07) is 3.31. The van der Waals surface area contributed by atoms with Crippen LogP contribution in [0.2, 0.25) is 0 Å². The van der Waals surface area contributed by atoms with E-state index in [-0.39, 0.29) is 11.5 Å². The van der Waals surface area contributed by atoms with E-state index >= 15 is 0 Å². The monoisotopic (exact) mass is 361 g/mol. The molecular formula is C18H24FN5O2. The smallest absolute Gasteiger partial charge is 0.215 e. The van der Waals surface area contributed by atoms with E-state index in [4.69, 9.17) is 4.74 Å². The number of carbonyl (C=O) groups is 1. The Balaban J connectivity index is 1.61. The molecule has 3 heterocycles. The fourth-order valence-electron chi connectivity index (χ4n) is 3.18. The quantitative estimate of drug-likeness (QED) is 0.549. The first-order valence-electron chi connectivity index (χ1n) is 8.91. The number of carbonyl (C=O) groups excluding carboxylic acids is 1. The second-order valence-corrected chi connectivity index (χ2v) is 6.38. The van der Waals surface area contributed by atoms with Gasteiger partial charge in [-0.3, -0.25) is 14.8 Å². The number of aromatic amines is 1.